The molecule has 1 aliphatic rings. The van der Waals surface area contributed by atoms with Gasteiger partial charge in [-0.3, -0.25) is 9.78 Å². The van der Waals surface area contributed by atoms with E-state index in [4.69, 9.17) is 11.6 Å². The summed E-state index contributed by atoms with van der Waals surface area (Å²) in [5.74, 6) is -0.0158. The number of pyridine rings is 1. The average Bonchev–Trinajstić information content (AvgIpc) is 2.88. The number of halogens is 1. The number of carbonyl (C=O) groups excluding carboxylic acids is 1. The summed E-state index contributed by atoms with van der Waals surface area (Å²) in [5.41, 5.74) is 0.661. The van der Waals surface area contributed by atoms with Crippen molar-refractivity contribution in [2.75, 3.05) is 26.2 Å². The molecule has 0 radical (unpaired) electrons. The van der Waals surface area contributed by atoms with Gasteiger partial charge >= 0.3 is 0 Å². The van der Waals surface area contributed by atoms with E-state index in [1.54, 1.807) is 59.6 Å². The van der Waals surface area contributed by atoms with E-state index in [0.29, 0.717) is 16.5 Å². The van der Waals surface area contributed by atoms with Gasteiger partial charge in [-0.2, -0.15) is 4.31 Å². The number of aromatic nitrogens is 4. The molecule has 5 rings (SSSR count). The highest BCUT2D eigenvalue weighted by atomic mass is 35.5. The number of rotatable bonds is 4. The molecule has 0 aliphatic carbocycles. The zero-order chi connectivity index (χ0) is 23.7. The summed E-state index contributed by atoms with van der Waals surface area (Å²) in [6.07, 6.45) is 2.99. The number of sulfonamides is 1. The molecule has 0 atom stereocenters. The van der Waals surface area contributed by atoms with Gasteiger partial charge in [-0.05, 0) is 47.2 Å². The van der Waals surface area contributed by atoms with Crippen molar-refractivity contribution >= 4 is 38.3 Å². The number of hydrogen-bond acceptors (Lipinski definition) is 7. The summed E-state index contributed by atoms with van der Waals surface area (Å²) in [5, 5.41) is 10.2. The van der Waals surface area contributed by atoms with Crippen LogP contribution in [0.4, 0.5) is 0 Å². The Kier molecular flexibility index (Phi) is 5.94. The lowest BCUT2D eigenvalue weighted by Gasteiger charge is -2.33. The van der Waals surface area contributed by atoms with E-state index in [9.17, 15) is 13.2 Å². The van der Waals surface area contributed by atoms with Crippen LogP contribution < -0.4 is 0 Å². The molecule has 9 nitrogen and oxygen atoms in total. The SMILES string of the molecule is O=C(c1cnc(-c2ccccn2)nn1)N1CCN(S(=O)(=O)c2ccc3cc(Cl)ccc3c2)CC1. The Bertz CT molecular complexity index is 1460. The molecule has 1 saturated heterocycles. The van der Waals surface area contributed by atoms with E-state index in [2.05, 4.69) is 20.2 Å². The first kappa shape index (κ1) is 22.3. The first-order chi connectivity index (χ1) is 16.4. The maximum absolute atomic E-state index is 13.2. The molecule has 3 heterocycles. The standard InChI is InChI=1S/C23H19ClN6O3S/c24-18-6-4-17-14-19(7-5-16(17)13-18)34(32,33)30-11-9-29(10-12-30)23(31)21-15-26-22(28-27-21)20-3-1-2-8-25-20/h1-8,13-15H,9-12H2. The number of fused-ring (bicyclic) bond motifs is 1. The Labute approximate surface area is 201 Å². The Morgan fingerprint density at radius 1 is 0.882 bits per heavy atom. The summed E-state index contributed by atoms with van der Waals surface area (Å²) < 4.78 is 27.7. The summed E-state index contributed by atoms with van der Waals surface area (Å²) in [6.45, 7) is 0.842. The summed E-state index contributed by atoms with van der Waals surface area (Å²) in [6, 6.07) is 15.6. The third-order valence-corrected chi connectivity index (χ3v) is 7.74. The molecule has 172 valence electrons. The Hall–Kier alpha value is -3.47. The van der Waals surface area contributed by atoms with Crippen molar-refractivity contribution < 1.29 is 13.2 Å². The third kappa shape index (κ3) is 4.35. The van der Waals surface area contributed by atoms with E-state index in [1.165, 1.54) is 10.5 Å². The number of nitrogens with zero attached hydrogens (tertiary/aromatic N) is 6. The molecule has 0 spiro atoms. The molecule has 0 N–H and O–H groups in total. The monoisotopic (exact) mass is 494 g/mol. The van der Waals surface area contributed by atoms with Crippen molar-refractivity contribution in [2.24, 2.45) is 0 Å². The fourth-order valence-electron chi connectivity index (χ4n) is 3.78. The number of hydrogen-bond donors (Lipinski definition) is 0. The second kappa shape index (κ2) is 9.05. The van der Waals surface area contributed by atoms with Crippen molar-refractivity contribution in [3.05, 3.63) is 77.7 Å². The second-order valence-electron chi connectivity index (χ2n) is 7.73. The second-order valence-corrected chi connectivity index (χ2v) is 10.1. The van der Waals surface area contributed by atoms with Crippen LogP contribution in [0.1, 0.15) is 10.5 Å². The van der Waals surface area contributed by atoms with Crippen LogP contribution in [-0.4, -0.2) is 69.9 Å². The number of benzene rings is 2. The zero-order valence-electron chi connectivity index (χ0n) is 17.9. The van der Waals surface area contributed by atoms with Crippen LogP contribution in [0.25, 0.3) is 22.3 Å². The minimum absolute atomic E-state index is 0.101. The average molecular weight is 495 g/mol. The summed E-state index contributed by atoms with van der Waals surface area (Å²) in [4.78, 5) is 23.0. The smallest absolute Gasteiger partial charge is 0.276 e. The van der Waals surface area contributed by atoms with Crippen molar-refractivity contribution in [1.29, 1.82) is 0 Å². The van der Waals surface area contributed by atoms with E-state index in [-0.39, 0.29) is 42.7 Å². The molecule has 34 heavy (non-hydrogen) atoms. The lowest BCUT2D eigenvalue weighted by molar-refractivity contribution is 0.0690. The first-order valence-corrected chi connectivity index (χ1v) is 12.3. The predicted molar refractivity (Wildman–Crippen MR) is 127 cm³/mol. The molecule has 1 fully saturated rings. The van der Waals surface area contributed by atoms with Crippen LogP contribution in [0.2, 0.25) is 5.02 Å². The van der Waals surface area contributed by atoms with E-state index >= 15 is 0 Å². The van der Waals surface area contributed by atoms with Crippen LogP contribution in [0, 0.1) is 0 Å². The number of amides is 1. The highest BCUT2D eigenvalue weighted by molar-refractivity contribution is 7.89. The Morgan fingerprint density at radius 3 is 2.35 bits per heavy atom. The Balaban J connectivity index is 1.27. The van der Waals surface area contributed by atoms with Gasteiger partial charge in [0.2, 0.25) is 10.0 Å². The molecule has 0 bridgehead atoms. The fraction of sp³-hybridized carbons (Fsp3) is 0.174. The maximum atomic E-state index is 13.2. The summed E-state index contributed by atoms with van der Waals surface area (Å²) in [7, 11) is -3.70. The van der Waals surface area contributed by atoms with Gasteiger partial charge in [-0.15, -0.1) is 10.2 Å². The first-order valence-electron chi connectivity index (χ1n) is 10.5. The van der Waals surface area contributed by atoms with E-state index in [1.807, 2.05) is 6.07 Å². The molecule has 1 aliphatic heterocycles. The van der Waals surface area contributed by atoms with Gasteiger partial charge in [-0.1, -0.05) is 29.8 Å². The lowest BCUT2D eigenvalue weighted by atomic mass is 10.1. The molecule has 11 heteroatoms. The zero-order valence-corrected chi connectivity index (χ0v) is 19.4. The fourth-order valence-corrected chi connectivity index (χ4v) is 5.42. The molecule has 0 unspecified atom stereocenters. The molecule has 2 aromatic carbocycles. The third-order valence-electron chi connectivity index (χ3n) is 5.61. The van der Waals surface area contributed by atoms with Gasteiger partial charge in [0.1, 0.15) is 5.69 Å². The summed E-state index contributed by atoms with van der Waals surface area (Å²) >= 11 is 6.02. The van der Waals surface area contributed by atoms with Gasteiger partial charge in [0.15, 0.2) is 11.5 Å². The lowest BCUT2D eigenvalue weighted by Crippen LogP contribution is -2.50. The van der Waals surface area contributed by atoms with Crippen LogP contribution in [-0.2, 0) is 10.0 Å². The maximum Gasteiger partial charge on any atom is 0.276 e. The predicted octanol–water partition coefficient (Wildman–Crippen LogP) is 2.89. The minimum atomic E-state index is -3.70. The number of carbonyl (C=O) groups is 1. The van der Waals surface area contributed by atoms with E-state index in [0.717, 1.165) is 10.8 Å². The molecule has 1 amide bonds. The minimum Gasteiger partial charge on any atom is -0.335 e. The van der Waals surface area contributed by atoms with Crippen molar-refractivity contribution in [3.8, 4) is 11.5 Å². The van der Waals surface area contributed by atoms with Gasteiger partial charge in [0.05, 0.1) is 11.1 Å². The quantitative estimate of drug-likeness (QED) is 0.429. The molecular formula is C23H19ClN6O3S. The highest BCUT2D eigenvalue weighted by Crippen LogP contribution is 2.25. The van der Waals surface area contributed by atoms with Crippen LogP contribution in [0.15, 0.2) is 71.9 Å². The Morgan fingerprint density at radius 2 is 1.65 bits per heavy atom. The van der Waals surface area contributed by atoms with Gasteiger partial charge in [0.25, 0.3) is 5.91 Å². The van der Waals surface area contributed by atoms with Crippen molar-refractivity contribution in [3.63, 3.8) is 0 Å². The van der Waals surface area contributed by atoms with Crippen LogP contribution >= 0.6 is 11.6 Å². The highest BCUT2D eigenvalue weighted by Gasteiger charge is 2.31. The normalized spacial score (nSPS) is 14.9. The molecular weight excluding hydrogens is 476 g/mol. The van der Waals surface area contributed by atoms with Crippen molar-refractivity contribution in [1.82, 2.24) is 29.4 Å². The largest absolute Gasteiger partial charge is 0.335 e. The van der Waals surface area contributed by atoms with Gasteiger partial charge < -0.3 is 4.90 Å². The molecule has 4 aromatic rings. The number of piperazine rings is 1. The van der Waals surface area contributed by atoms with Gasteiger partial charge in [0, 0.05) is 37.4 Å². The molecule has 0 saturated carbocycles. The van der Waals surface area contributed by atoms with Gasteiger partial charge in [-0.25, -0.2) is 13.4 Å². The van der Waals surface area contributed by atoms with Crippen LogP contribution in [0.3, 0.4) is 0 Å². The topological polar surface area (TPSA) is 109 Å². The molecule has 2 aromatic heterocycles. The van der Waals surface area contributed by atoms with Crippen molar-refractivity contribution in [2.45, 2.75) is 4.90 Å². The van der Waals surface area contributed by atoms with E-state index < -0.39 is 10.0 Å². The van der Waals surface area contributed by atoms with Crippen LogP contribution in [0.5, 0.6) is 0 Å².